The Morgan fingerprint density at radius 1 is 0.654 bits per heavy atom. The van der Waals surface area contributed by atoms with E-state index in [-0.39, 0.29) is 46.1 Å². The molecule has 0 saturated carbocycles. The van der Waals surface area contributed by atoms with Gasteiger partial charge in [0.25, 0.3) is 22.2 Å². The van der Waals surface area contributed by atoms with Gasteiger partial charge in [-0.1, -0.05) is 0 Å². The molecule has 0 aliphatic carbocycles. The van der Waals surface area contributed by atoms with Crippen LogP contribution >= 0.6 is 0 Å². The number of aromatic nitrogens is 2. The van der Waals surface area contributed by atoms with Crippen LogP contribution in [0.1, 0.15) is 0 Å². The van der Waals surface area contributed by atoms with E-state index in [0.717, 1.165) is 9.13 Å². The summed E-state index contributed by atoms with van der Waals surface area (Å²) >= 11 is 0. The fraction of sp³-hybridized carbons (Fsp3) is 0.375. The van der Waals surface area contributed by atoms with Gasteiger partial charge in [0.1, 0.15) is 0 Å². The molecule has 1 aromatic carbocycles. The van der Waals surface area contributed by atoms with Crippen LogP contribution in [-0.2, 0) is 34.7 Å². The fourth-order valence-electron chi connectivity index (χ4n) is 2.92. The van der Waals surface area contributed by atoms with Crippen molar-refractivity contribution in [2.75, 3.05) is 24.0 Å². The van der Waals surface area contributed by atoms with Crippen LogP contribution in [0.15, 0.2) is 31.3 Å². The minimum Gasteiger partial charge on any atom is -0.273 e. The minimum atomic E-state index is -1.16. The quantitative estimate of drug-likeness (QED) is 0.510. The van der Waals surface area contributed by atoms with Gasteiger partial charge in [0.2, 0.25) is 0 Å². The van der Waals surface area contributed by atoms with E-state index in [4.69, 9.17) is 0 Å². The summed E-state index contributed by atoms with van der Waals surface area (Å²) in [6.07, 6.45) is 2.95. The van der Waals surface area contributed by atoms with E-state index in [0.29, 0.717) is 0 Å². The van der Waals surface area contributed by atoms with Crippen molar-refractivity contribution in [1.29, 1.82) is 0 Å². The first-order chi connectivity index (χ1) is 12.2. The van der Waals surface area contributed by atoms with Gasteiger partial charge in [0, 0.05) is 58.7 Å². The maximum atomic E-state index is 12.5. The van der Waals surface area contributed by atoms with Crippen LogP contribution in [0, 0.1) is 0 Å². The molecule has 138 valence electrons. The molecule has 0 radical (unpaired) electrons. The lowest BCUT2D eigenvalue weighted by Crippen LogP contribution is -2.28. The molecule has 0 bridgehead atoms. The standard InChI is InChI=1S/C16H16N2O6S2/c1-25(23)5-3-17-13(19)9-7-11-12(8-10(9)14(17)20)16(22)18(15(11)21)4-6-26(2)24/h7-8H,3-6H2,1-2H3. The molecule has 0 saturated heterocycles. The van der Waals surface area contributed by atoms with Crippen LogP contribution in [-0.4, -0.2) is 41.6 Å². The lowest BCUT2D eigenvalue weighted by atomic mass is 10.1. The molecule has 2 aromatic heterocycles. The molecule has 2 atom stereocenters. The lowest BCUT2D eigenvalue weighted by molar-refractivity contribution is 0.671. The van der Waals surface area contributed by atoms with Crippen molar-refractivity contribution in [2.45, 2.75) is 13.1 Å². The number of nitrogens with zero attached hydrogens (tertiary/aromatic N) is 2. The Balaban J connectivity index is 2.24. The number of fused-ring (bicyclic) bond motifs is 2. The summed E-state index contributed by atoms with van der Waals surface area (Å²) in [5.74, 6) is 0.315. The summed E-state index contributed by atoms with van der Waals surface area (Å²) in [7, 11) is -2.33. The highest BCUT2D eigenvalue weighted by Crippen LogP contribution is 2.14. The molecule has 0 aliphatic heterocycles. The highest BCUT2D eigenvalue weighted by Gasteiger charge is 2.19. The zero-order valence-corrected chi connectivity index (χ0v) is 15.8. The van der Waals surface area contributed by atoms with Crippen LogP contribution in [0.4, 0.5) is 0 Å². The van der Waals surface area contributed by atoms with E-state index in [1.807, 2.05) is 0 Å². The largest absolute Gasteiger partial charge is 0.273 e. The average Bonchev–Trinajstić information content (AvgIpc) is 2.95. The Bertz CT molecular complexity index is 1100. The van der Waals surface area contributed by atoms with E-state index in [1.54, 1.807) is 0 Å². The van der Waals surface area contributed by atoms with Gasteiger partial charge in [0.15, 0.2) is 0 Å². The smallest absolute Gasteiger partial charge is 0.261 e. The number of hydrogen-bond donors (Lipinski definition) is 0. The van der Waals surface area contributed by atoms with E-state index in [1.165, 1.54) is 24.6 Å². The Morgan fingerprint density at radius 3 is 1.15 bits per heavy atom. The molecule has 0 amide bonds. The monoisotopic (exact) mass is 396 g/mol. The highest BCUT2D eigenvalue weighted by molar-refractivity contribution is 7.84. The number of rotatable bonds is 6. The van der Waals surface area contributed by atoms with Crippen LogP contribution in [0.3, 0.4) is 0 Å². The third-order valence-corrected chi connectivity index (χ3v) is 5.78. The van der Waals surface area contributed by atoms with E-state index in [2.05, 4.69) is 0 Å². The van der Waals surface area contributed by atoms with Crippen molar-refractivity contribution in [3.63, 3.8) is 0 Å². The van der Waals surface area contributed by atoms with Crippen LogP contribution in [0.2, 0.25) is 0 Å². The zero-order chi connectivity index (χ0) is 19.2. The van der Waals surface area contributed by atoms with Crippen molar-refractivity contribution < 1.29 is 8.42 Å². The normalized spacial score (nSPS) is 14.2. The summed E-state index contributed by atoms with van der Waals surface area (Å²) in [6, 6.07) is 2.55. The number of benzene rings is 1. The van der Waals surface area contributed by atoms with Gasteiger partial charge >= 0.3 is 0 Å². The van der Waals surface area contributed by atoms with Crippen molar-refractivity contribution in [1.82, 2.24) is 9.13 Å². The summed E-state index contributed by atoms with van der Waals surface area (Å²) in [6.45, 7) is 0.0207. The Labute approximate surface area is 151 Å². The Morgan fingerprint density at radius 2 is 0.923 bits per heavy atom. The van der Waals surface area contributed by atoms with Crippen molar-refractivity contribution in [3.05, 3.63) is 53.5 Å². The van der Waals surface area contributed by atoms with Gasteiger partial charge in [-0.3, -0.25) is 36.7 Å². The lowest BCUT2D eigenvalue weighted by Gasteiger charge is -1.96. The molecular formula is C16H16N2O6S2. The molecule has 3 aromatic rings. The highest BCUT2D eigenvalue weighted by atomic mass is 32.2. The maximum Gasteiger partial charge on any atom is 0.261 e. The van der Waals surface area contributed by atoms with E-state index >= 15 is 0 Å². The van der Waals surface area contributed by atoms with Gasteiger partial charge in [-0.15, -0.1) is 0 Å². The van der Waals surface area contributed by atoms with E-state index < -0.39 is 43.8 Å². The van der Waals surface area contributed by atoms with Crippen LogP contribution in [0.5, 0.6) is 0 Å². The first-order valence-electron chi connectivity index (χ1n) is 7.73. The predicted octanol–water partition coefficient (Wildman–Crippen LogP) is -1.33. The van der Waals surface area contributed by atoms with Gasteiger partial charge in [0.05, 0.1) is 21.5 Å². The molecule has 0 fully saturated rings. The molecule has 0 spiro atoms. The Hall–Kier alpha value is -2.20. The van der Waals surface area contributed by atoms with Gasteiger partial charge in [-0.25, -0.2) is 0 Å². The summed E-state index contributed by atoms with van der Waals surface area (Å²) in [5.41, 5.74) is -2.25. The second kappa shape index (κ2) is 6.84. The summed E-state index contributed by atoms with van der Waals surface area (Å²) in [4.78, 5) is 49.8. The van der Waals surface area contributed by atoms with Crippen molar-refractivity contribution in [3.8, 4) is 0 Å². The molecule has 2 heterocycles. The van der Waals surface area contributed by atoms with Crippen molar-refractivity contribution >= 4 is 43.1 Å². The molecule has 8 nitrogen and oxygen atoms in total. The predicted molar refractivity (Wildman–Crippen MR) is 103 cm³/mol. The molecule has 3 rings (SSSR count). The molecule has 0 N–H and O–H groups in total. The van der Waals surface area contributed by atoms with Gasteiger partial charge in [-0.05, 0) is 12.1 Å². The first kappa shape index (κ1) is 18.6. The third kappa shape index (κ3) is 3.03. The summed E-state index contributed by atoms with van der Waals surface area (Å²) in [5, 5.41) is 0.269. The second-order valence-corrected chi connectivity index (χ2v) is 9.13. The Kier molecular flexibility index (Phi) is 4.89. The molecule has 10 heteroatoms. The average molecular weight is 396 g/mol. The molecule has 2 unspecified atom stereocenters. The second-order valence-electron chi connectivity index (χ2n) is 6.02. The number of hydrogen-bond acceptors (Lipinski definition) is 6. The van der Waals surface area contributed by atoms with Crippen LogP contribution < -0.4 is 22.2 Å². The fourth-order valence-corrected chi connectivity index (χ4v) is 3.80. The SMILES string of the molecule is CS(=O)CCn1c(=O)c2cc3c(=O)n(CCS(C)=O)c(=O)c3cc2c1=O. The molecule has 0 aliphatic rings. The van der Waals surface area contributed by atoms with E-state index in [9.17, 15) is 27.6 Å². The minimum absolute atomic E-state index is 0.0104. The van der Waals surface area contributed by atoms with Gasteiger partial charge < -0.3 is 0 Å². The maximum absolute atomic E-state index is 12.5. The molecular weight excluding hydrogens is 380 g/mol. The topological polar surface area (TPSA) is 112 Å². The third-order valence-electron chi connectivity index (χ3n) is 4.26. The zero-order valence-electron chi connectivity index (χ0n) is 14.1. The van der Waals surface area contributed by atoms with Crippen LogP contribution in [0.25, 0.3) is 21.5 Å². The summed E-state index contributed by atoms with van der Waals surface area (Å²) < 4.78 is 24.4. The van der Waals surface area contributed by atoms with Crippen molar-refractivity contribution in [2.24, 2.45) is 0 Å². The van der Waals surface area contributed by atoms with Gasteiger partial charge in [-0.2, -0.15) is 0 Å². The molecule has 26 heavy (non-hydrogen) atoms. The first-order valence-corrected chi connectivity index (χ1v) is 11.2.